The highest BCUT2D eigenvalue weighted by atomic mass is 19.1. The van der Waals surface area contributed by atoms with Gasteiger partial charge in [0.15, 0.2) is 0 Å². The summed E-state index contributed by atoms with van der Waals surface area (Å²) in [5.41, 5.74) is 5.42. The highest BCUT2D eigenvalue weighted by molar-refractivity contribution is 5.78. The van der Waals surface area contributed by atoms with Gasteiger partial charge in [0.1, 0.15) is 24.0 Å². The number of carbonyl (C=O) groups is 1. The summed E-state index contributed by atoms with van der Waals surface area (Å²) in [5.74, 6) is 0.621. The van der Waals surface area contributed by atoms with Crippen molar-refractivity contribution in [3.8, 4) is 16.9 Å². The second-order valence-corrected chi connectivity index (χ2v) is 11.5. The van der Waals surface area contributed by atoms with Gasteiger partial charge in [0.05, 0.1) is 12.0 Å². The smallest absolute Gasteiger partial charge is 0.307 e. The lowest BCUT2D eigenvalue weighted by Gasteiger charge is -2.43. The summed E-state index contributed by atoms with van der Waals surface area (Å²) in [6.45, 7) is 6.36. The zero-order valence-corrected chi connectivity index (χ0v) is 22.6. The topological polar surface area (TPSA) is 82.9 Å². The van der Waals surface area contributed by atoms with Crippen LogP contribution in [0.1, 0.15) is 61.4 Å². The molecule has 0 bridgehead atoms. The van der Waals surface area contributed by atoms with Crippen LogP contribution in [-0.4, -0.2) is 39.4 Å². The molecule has 0 radical (unpaired) electrons. The van der Waals surface area contributed by atoms with Gasteiger partial charge in [-0.15, -0.1) is 0 Å². The SMILES string of the molecule is CC[C@H]1CC(O)CC(C)N1c1ccc(-c2ccc(F)c(COc3ccc4c(c3)C[C@H]3[C@H](C(=O)O)[C@@H]43)c2)c(C)n1. The molecule has 39 heavy (non-hydrogen) atoms. The lowest BCUT2D eigenvalue weighted by molar-refractivity contribution is -0.139. The molecule has 1 saturated heterocycles. The van der Waals surface area contributed by atoms with Crippen LogP contribution in [0.2, 0.25) is 0 Å². The van der Waals surface area contributed by atoms with Crippen molar-refractivity contribution in [2.45, 2.75) is 77.2 Å². The van der Waals surface area contributed by atoms with Gasteiger partial charge in [-0.2, -0.15) is 0 Å². The van der Waals surface area contributed by atoms with Crippen LogP contribution in [0.15, 0.2) is 48.5 Å². The summed E-state index contributed by atoms with van der Waals surface area (Å²) in [6.07, 6.45) is 2.91. The molecule has 2 aliphatic carbocycles. The number of hydrogen-bond acceptors (Lipinski definition) is 5. The van der Waals surface area contributed by atoms with Gasteiger partial charge in [0, 0.05) is 34.8 Å². The van der Waals surface area contributed by atoms with Crippen molar-refractivity contribution in [3.05, 3.63) is 76.7 Å². The van der Waals surface area contributed by atoms with Gasteiger partial charge < -0.3 is 19.8 Å². The van der Waals surface area contributed by atoms with Gasteiger partial charge >= 0.3 is 5.97 Å². The third kappa shape index (κ3) is 4.67. The molecule has 0 amide bonds. The fourth-order valence-electron chi connectivity index (χ4n) is 6.99. The van der Waals surface area contributed by atoms with Gasteiger partial charge in [-0.1, -0.05) is 19.1 Å². The van der Waals surface area contributed by atoms with Gasteiger partial charge in [-0.05, 0) is 98.5 Å². The van der Waals surface area contributed by atoms with Crippen LogP contribution in [0.3, 0.4) is 0 Å². The minimum Gasteiger partial charge on any atom is -0.489 e. The van der Waals surface area contributed by atoms with Crippen molar-refractivity contribution in [1.82, 2.24) is 4.98 Å². The first-order valence-corrected chi connectivity index (χ1v) is 14.0. The second-order valence-electron chi connectivity index (χ2n) is 11.5. The number of aliphatic hydroxyl groups is 1. The number of ether oxygens (including phenoxy) is 1. The van der Waals surface area contributed by atoms with Crippen molar-refractivity contribution in [2.75, 3.05) is 4.90 Å². The van der Waals surface area contributed by atoms with E-state index in [0.29, 0.717) is 11.3 Å². The Kier molecular flexibility index (Phi) is 6.58. The third-order valence-electron chi connectivity index (χ3n) is 8.97. The quantitative estimate of drug-likeness (QED) is 0.397. The fraction of sp³-hybridized carbons (Fsp3) is 0.438. The average molecular weight is 531 g/mol. The molecular formula is C32H35FN2O4. The third-order valence-corrected chi connectivity index (χ3v) is 8.97. The Morgan fingerprint density at radius 3 is 2.72 bits per heavy atom. The van der Waals surface area contributed by atoms with E-state index >= 15 is 0 Å². The van der Waals surface area contributed by atoms with E-state index in [1.54, 1.807) is 6.07 Å². The number of anilines is 1. The molecule has 0 spiro atoms. The van der Waals surface area contributed by atoms with E-state index in [9.17, 15) is 19.4 Å². The van der Waals surface area contributed by atoms with Crippen LogP contribution in [0.4, 0.5) is 10.2 Å². The summed E-state index contributed by atoms with van der Waals surface area (Å²) < 4.78 is 20.8. The lowest BCUT2D eigenvalue weighted by Crippen LogP contribution is -2.50. The molecule has 1 aliphatic heterocycles. The molecule has 6 atom stereocenters. The monoisotopic (exact) mass is 530 g/mol. The fourth-order valence-corrected chi connectivity index (χ4v) is 6.99. The second kappa shape index (κ2) is 9.94. The van der Waals surface area contributed by atoms with E-state index in [4.69, 9.17) is 9.72 Å². The Labute approximate surface area is 228 Å². The van der Waals surface area contributed by atoms with Gasteiger partial charge in [0.2, 0.25) is 0 Å². The molecule has 1 saturated carbocycles. The molecule has 7 heteroatoms. The first-order valence-electron chi connectivity index (χ1n) is 14.0. The van der Waals surface area contributed by atoms with Crippen molar-refractivity contribution in [2.24, 2.45) is 11.8 Å². The van der Waals surface area contributed by atoms with E-state index in [-0.39, 0.29) is 48.4 Å². The number of carboxylic acids is 1. The molecule has 2 unspecified atom stereocenters. The molecule has 2 heterocycles. The van der Waals surface area contributed by atoms with Gasteiger partial charge in [0.25, 0.3) is 0 Å². The van der Waals surface area contributed by atoms with Gasteiger partial charge in [-0.3, -0.25) is 4.79 Å². The molecule has 3 aliphatic rings. The Bertz CT molecular complexity index is 1430. The highest BCUT2D eigenvalue weighted by Crippen LogP contribution is 2.61. The first kappa shape index (κ1) is 25.8. The number of hydrogen-bond donors (Lipinski definition) is 2. The van der Waals surface area contributed by atoms with Crippen molar-refractivity contribution >= 4 is 11.8 Å². The van der Waals surface area contributed by atoms with Crippen LogP contribution in [0.5, 0.6) is 5.75 Å². The summed E-state index contributed by atoms with van der Waals surface area (Å²) in [7, 11) is 0. The highest BCUT2D eigenvalue weighted by Gasteiger charge is 2.59. The standard InChI is InChI=1S/C32H35FN2O4/c1-4-22-15-23(36)11-17(2)35(22)29-10-8-25(18(3)34-29)19-5-9-28(33)21(12-19)16-39-24-6-7-26-20(13-24)14-27-30(26)31(27)32(37)38/h5-10,12-13,17,22-23,27,30-31,36H,4,11,14-16H2,1-3H3,(H,37,38)/t17?,22-,23?,27+,30-,31-/m0/s1. The molecule has 2 aromatic carbocycles. The number of aromatic nitrogens is 1. The molecule has 2 N–H and O–H groups in total. The van der Waals surface area contributed by atoms with Crippen LogP contribution < -0.4 is 9.64 Å². The van der Waals surface area contributed by atoms with Crippen LogP contribution in [0.25, 0.3) is 11.1 Å². The molecular weight excluding hydrogens is 495 g/mol. The molecule has 204 valence electrons. The number of carboxylic acid groups (broad SMARTS) is 1. The van der Waals surface area contributed by atoms with E-state index < -0.39 is 5.97 Å². The lowest BCUT2D eigenvalue weighted by atomic mass is 9.92. The number of halogens is 1. The molecule has 6 nitrogen and oxygen atoms in total. The van der Waals surface area contributed by atoms with Crippen molar-refractivity contribution < 1.29 is 24.1 Å². The van der Waals surface area contributed by atoms with Crippen molar-refractivity contribution in [1.29, 1.82) is 0 Å². The molecule has 6 rings (SSSR count). The summed E-state index contributed by atoms with van der Waals surface area (Å²) in [5, 5.41) is 19.6. The summed E-state index contributed by atoms with van der Waals surface area (Å²) in [4.78, 5) is 18.6. The Balaban J connectivity index is 1.18. The molecule has 2 fully saturated rings. The molecule has 1 aromatic heterocycles. The first-order chi connectivity index (χ1) is 18.7. The maximum Gasteiger partial charge on any atom is 0.307 e. The van der Waals surface area contributed by atoms with E-state index in [2.05, 4.69) is 24.8 Å². The number of aryl methyl sites for hydroxylation is 1. The summed E-state index contributed by atoms with van der Waals surface area (Å²) in [6, 6.07) is 15.4. The maximum atomic E-state index is 14.8. The predicted octanol–water partition coefficient (Wildman–Crippen LogP) is 5.87. The number of benzene rings is 2. The molecule has 3 aromatic rings. The van der Waals surface area contributed by atoms with Crippen LogP contribution >= 0.6 is 0 Å². The zero-order valence-electron chi connectivity index (χ0n) is 22.6. The normalized spacial score (nSPS) is 27.2. The van der Waals surface area contributed by atoms with Crippen LogP contribution in [-0.2, 0) is 17.8 Å². The van der Waals surface area contributed by atoms with Crippen molar-refractivity contribution in [3.63, 3.8) is 0 Å². The van der Waals surface area contributed by atoms with Gasteiger partial charge in [-0.25, -0.2) is 9.37 Å². The number of aliphatic carboxylic acids is 1. The maximum absolute atomic E-state index is 14.8. The number of pyridine rings is 1. The largest absolute Gasteiger partial charge is 0.489 e. The number of rotatable bonds is 7. The minimum absolute atomic E-state index is 0.0967. The Hall–Kier alpha value is -3.45. The van der Waals surface area contributed by atoms with E-state index in [0.717, 1.165) is 59.4 Å². The predicted molar refractivity (Wildman–Crippen MR) is 147 cm³/mol. The number of fused-ring (bicyclic) bond motifs is 3. The number of aliphatic hydroxyl groups excluding tert-OH is 1. The minimum atomic E-state index is -0.711. The van der Waals surface area contributed by atoms with Crippen LogP contribution in [0, 0.1) is 24.6 Å². The zero-order chi connectivity index (χ0) is 27.4. The average Bonchev–Trinajstić information content (AvgIpc) is 3.50. The number of nitrogens with zero attached hydrogens (tertiary/aromatic N) is 2. The summed E-state index contributed by atoms with van der Waals surface area (Å²) >= 11 is 0. The number of piperidine rings is 1. The Morgan fingerprint density at radius 1 is 1.15 bits per heavy atom. The Morgan fingerprint density at radius 2 is 1.97 bits per heavy atom. The van der Waals surface area contributed by atoms with E-state index in [1.165, 1.54) is 6.07 Å². The van der Waals surface area contributed by atoms with E-state index in [1.807, 2.05) is 37.3 Å².